The Labute approximate surface area is 93.8 Å². The third kappa shape index (κ3) is 3.25. The molecule has 0 saturated carbocycles. The number of ether oxygens (including phenoxy) is 1. The number of esters is 1. The van der Waals surface area contributed by atoms with E-state index in [9.17, 15) is 4.79 Å². The molecule has 0 saturated heterocycles. The van der Waals surface area contributed by atoms with Crippen molar-refractivity contribution >= 4 is 13.3 Å². The molecular formula is C10H13BO5. The van der Waals surface area contributed by atoms with Crippen molar-refractivity contribution in [1.82, 2.24) is 0 Å². The first-order valence-corrected chi connectivity index (χ1v) is 4.85. The van der Waals surface area contributed by atoms with E-state index < -0.39 is 13.3 Å². The van der Waals surface area contributed by atoms with E-state index in [1.54, 1.807) is 26.0 Å². The van der Waals surface area contributed by atoms with Gasteiger partial charge >= 0.3 is 13.3 Å². The summed E-state index contributed by atoms with van der Waals surface area (Å²) in [5.74, 6) is -0.236. The minimum atomic E-state index is -1.91. The molecule has 1 aromatic rings. The summed E-state index contributed by atoms with van der Waals surface area (Å²) in [4.78, 5) is 11.4. The van der Waals surface area contributed by atoms with Crippen LogP contribution in [0.2, 0.25) is 0 Å². The molecule has 6 heteroatoms. The highest BCUT2D eigenvalue weighted by Gasteiger charge is 2.15. The largest absolute Gasteiger partial charge is 0.707 e. The van der Waals surface area contributed by atoms with Gasteiger partial charge in [0.15, 0.2) is 0 Å². The lowest BCUT2D eigenvalue weighted by atomic mass is 10.1. The van der Waals surface area contributed by atoms with E-state index in [4.69, 9.17) is 19.4 Å². The molecule has 5 nitrogen and oxygen atoms in total. The summed E-state index contributed by atoms with van der Waals surface area (Å²) in [5, 5.41) is 17.4. The zero-order valence-corrected chi connectivity index (χ0v) is 9.14. The highest BCUT2D eigenvalue weighted by Crippen LogP contribution is 2.20. The predicted molar refractivity (Wildman–Crippen MR) is 58.0 cm³/mol. The van der Waals surface area contributed by atoms with Crippen LogP contribution in [0, 0.1) is 6.92 Å². The van der Waals surface area contributed by atoms with Crippen LogP contribution in [0.25, 0.3) is 0 Å². The Morgan fingerprint density at radius 1 is 1.44 bits per heavy atom. The van der Waals surface area contributed by atoms with Gasteiger partial charge in [-0.1, -0.05) is 6.07 Å². The quantitative estimate of drug-likeness (QED) is 0.575. The minimum Gasteiger partial charge on any atom is -0.512 e. The second-order valence-corrected chi connectivity index (χ2v) is 3.14. The van der Waals surface area contributed by atoms with Gasteiger partial charge in [-0.25, -0.2) is 4.79 Å². The van der Waals surface area contributed by atoms with Crippen molar-refractivity contribution in [2.45, 2.75) is 13.8 Å². The van der Waals surface area contributed by atoms with Crippen molar-refractivity contribution in [1.29, 1.82) is 0 Å². The molecule has 0 aliphatic rings. The maximum atomic E-state index is 11.4. The lowest BCUT2D eigenvalue weighted by Crippen LogP contribution is -2.21. The van der Waals surface area contributed by atoms with E-state index in [-0.39, 0.29) is 12.4 Å². The molecule has 0 unspecified atom stereocenters. The maximum absolute atomic E-state index is 11.4. The van der Waals surface area contributed by atoms with Crippen LogP contribution >= 0.6 is 0 Å². The van der Waals surface area contributed by atoms with Crippen LogP contribution in [0.4, 0.5) is 0 Å². The summed E-state index contributed by atoms with van der Waals surface area (Å²) in [7, 11) is -1.91. The number of hydrogen-bond donors (Lipinski definition) is 2. The zero-order valence-electron chi connectivity index (χ0n) is 9.14. The summed E-state index contributed by atoms with van der Waals surface area (Å²) in [6.45, 7) is 3.72. The second kappa shape index (κ2) is 5.53. The topological polar surface area (TPSA) is 76.0 Å². The van der Waals surface area contributed by atoms with E-state index in [1.165, 1.54) is 6.07 Å². The van der Waals surface area contributed by atoms with Crippen molar-refractivity contribution in [3.05, 3.63) is 29.3 Å². The number of aryl methyl sites for hydroxylation is 1. The van der Waals surface area contributed by atoms with E-state index in [0.29, 0.717) is 11.1 Å². The van der Waals surface area contributed by atoms with Gasteiger partial charge in [-0.3, -0.25) is 0 Å². The summed E-state index contributed by atoms with van der Waals surface area (Å²) in [6.07, 6.45) is 0. The van der Waals surface area contributed by atoms with Crippen LogP contribution < -0.4 is 4.65 Å². The summed E-state index contributed by atoms with van der Waals surface area (Å²) < 4.78 is 9.53. The molecular weight excluding hydrogens is 211 g/mol. The van der Waals surface area contributed by atoms with Crippen LogP contribution in [0.1, 0.15) is 22.8 Å². The number of benzene rings is 1. The number of rotatable bonds is 4. The highest BCUT2D eigenvalue weighted by atomic mass is 16.6. The first-order valence-electron chi connectivity index (χ1n) is 4.85. The Kier molecular flexibility index (Phi) is 4.33. The Bertz CT molecular complexity index is 377. The third-order valence-electron chi connectivity index (χ3n) is 1.93. The van der Waals surface area contributed by atoms with E-state index in [1.807, 2.05) is 0 Å². The SMILES string of the molecule is CCOC(=O)c1ccc(C)c(OB(O)O)c1. The van der Waals surface area contributed by atoms with Gasteiger partial charge in [0.05, 0.1) is 12.2 Å². The lowest BCUT2D eigenvalue weighted by Gasteiger charge is -2.09. The fraction of sp³-hybridized carbons (Fsp3) is 0.300. The molecule has 1 rings (SSSR count). The first kappa shape index (κ1) is 12.5. The van der Waals surface area contributed by atoms with Gasteiger partial charge in [0.2, 0.25) is 0 Å². The monoisotopic (exact) mass is 224 g/mol. The Balaban J connectivity index is 2.93. The molecule has 0 spiro atoms. The van der Waals surface area contributed by atoms with Gasteiger partial charge in [0, 0.05) is 0 Å². The molecule has 86 valence electrons. The van der Waals surface area contributed by atoms with Crippen molar-refractivity contribution in [3.63, 3.8) is 0 Å². The average Bonchev–Trinajstić information content (AvgIpc) is 2.21. The fourth-order valence-electron chi connectivity index (χ4n) is 1.18. The Hall–Kier alpha value is -1.53. The van der Waals surface area contributed by atoms with Gasteiger partial charge in [-0.15, -0.1) is 0 Å². The Morgan fingerprint density at radius 2 is 2.12 bits per heavy atom. The molecule has 2 N–H and O–H groups in total. The van der Waals surface area contributed by atoms with Crippen molar-refractivity contribution < 1.29 is 24.2 Å². The highest BCUT2D eigenvalue weighted by molar-refractivity contribution is 6.33. The fourth-order valence-corrected chi connectivity index (χ4v) is 1.18. The first-order chi connectivity index (χ1) is 7.54. The van der Waals surface area contributed by atoms with Gasteiger partial charge in [-0.05, 0) is 31.5 Å². The smallest absolute Gasteiger partial charge is 0.512 e. The molecule has 0 radical (unpaired) electrons. The Morgan fingerprint density at radius 3 is 2.69 bits per heavy atom. The normalized spacial score (nSPS) is 9.75. The van der Waals surface area contributed by atoms with Crippen LogP contribution in [0.15, 0.2) is 18.2 Å². The number of carbonyl (C=O) groups is 1. The zero-order chi connectivity index (χ0) is 12.1. The van der Waals surface area contributed by atoms with Crippen LogP contribution in [-0.2, 0) is 4.74 Å². The lowest BCUT2D eigenvalue weighted by molar-refractivity contribution is 0.0526. The molecule has 16 heavy (non-hydrogen) atoms. The third-order valence-corrected chi connectivity index (χ3v) is 1.93. The molecule has 0 bridgehead atoms. The molecule has 0 aliphatic carbocycles. The minimum absolute atomic E-state index is 0.237. The second-order valence-electron chi connectivity index (χ2n) is 3.14. The van der Waals surface area contributed by atoms with E-state index >= 15 is 0 Å². The number of carbonyl (C=O) groups excluding carboxylic acids is 1. The molecule has 1 aromatic carbocycles. The summed E-state index contributed by atoms with van der Waals surface area (Å²) in [5.41, 5.74) is 1.00. The molecule has 0 aromatic heterocycles. The van der Waals surface area contributed by atoms with Crippen molar-refractivity contribution in [3.8, 4) is 5.75 Å². The standard InChI is InChI=1S/C10H13BO5/c1-3-15-10(12)8-5-4-7(2)9(6-8)16-11(13)14/h4-6,13-14H,3H2,1-2H3. The molecule has 0 fully saturated rings. The van der Waals surface area contributed by atoms with Crippen LogP contribution in [0.5, 0.6) is 5.75 Å². The van der Waals surface area contributed by atoms with E-state index in [0.717, 1.165) is 0 Å². The summed E-state index contributed by atoms with van der Waals surface area (Å²) >= 11 is 0. The van der Waals surface area contributed by atoms with Gasteiger partial charge in [0.25, 0.3) is 0 Å². The maximum Gasteiger partial charge on any atom is 0.707 e. The molecule has 0 heterocycles. The van der Waals surface area contributed by atoms with Crippen molar-refractivity contribution in [2.24, 2.45) is 0 Å². The van der Waals surface area contributed by atoms with E-state index in [2.05, 4.69) is 0 Å². The molecule has 0 atom stereocenters. The van der Waals surface area contributed by atoms with Crippen LogP contribution in [-0.4, -0.2) is 29.9 Å². The summed E-state index contributed by atoms with van der Waals surface area (Å²) in [6, 6.07) is 4.64. The van der Waals surface area contributed by atoms with Crippen molar-refractivity contribution in [2.75, 3.05) is 6.61 Å². The molecule has 0 aliphatic heterocycles. The van der Waals surface area contributed by atoms with Gasteiger partial charge in [0.1, 0.15) is 5.75 Å². The predicted octanol–water partition coefficient (Wildman–Crippen LogP) is 0.520. The average molecular weight is 224 g/mol. The van der Waals surface area contributed by atoms with Crippen LogP contribution in [0.3, 0.4) is 0 Å². The van der Waals surface area contributed by atoms with Gasteiger partial charge < -0.3 is 19.4 Å². The molecule has 0 amide bonds. The van der Waals surface area contributed by atoms with Gasteiger partial charge in [-0.2, -0.15) is 0 Å². The number of hydrogen-bond acceptors (Lipinski definition) is 5.